The van der Waals surface area contributed by atoms with Gasteiger partial charge in [-0.05, 0) is 31.5 Å². The maximum atomic E-state index is 13.0. The number of nitrogens with two attached hydrogens (primary N) is 1. The molecule has 1 rings (SSSR count). The highest BCUT2D eigenvalue weighted by Gasteiger charge is 2.20. The molecule has 0 heterocycles. The lowest BCUT2D eigenvalue weighted by molar-refractivity contribution is 0.0916. The molecule has 2 N–H and O–H groups in total. The molecule has 0 amide bonds. The van der Waals surface area contributed by atoms with Crippen LogP contribution in [-0.2, 0) is 0 Å². The second-order valence-electron chi connectivity index (χ2n) is 3.97. The van der Waals surface area contributed by atoms with E-state index in [0.717, 1.165) is 5.56 Å². The van der Waals surface area contributed by atoms with Crippen molar-refractivity contribution in [3.05, 3.63) is 35.1 Å². The van der Waals surface area contributed by atoms with Gasteiger partial charge in [0.1, 0.15) is 5.82 Å². The summed E-state index contributed by atoms with van der Waals surface area (Å²) >= 11 is 0. The minimum Gasteiger partial charge on any atom is -0.327 e. The number of aryl methyl sites for hydroxylation is 1. The van der Waals surface area contributed by atoms with Crippen LogP contribution in [0.1, 0.15) is 29.8 Å². The second kappa shape index (κ2) is 4.53. The molecule has 0 aliphatic heterocycles. The van der Waals surface area contributed by atoms with E-state index in [0.29, 0.717) is 5.56 Å². The predicted molar refractivity (Wildman–Crippen MR) is 58.3 cm³/mol. The van der Waals surface area contributed by atoms with Gasteiger partial charge in [-0.2, -0.15) is 0 Å². The van der Waals surface area contributed by atoms with Gasteiger partial charge >= 0.3 is 0 Å². The van der Waals surface area contributed by atoms with Crippen LogP contribution in [0.2, 0.25) is 0 Å². The van der Waals surface area contributed by atoms with Gasteiger partial charge in [0.25, 0.3) is 0 Å². The molecule has 0 bridgehead atoms. The minimum atomic E-state index is -0.388. The molecule has 0 saturated heterocycles. The number of rotatable bonds is 3. The predicted octanol–water partition coefficient (Wildman–Crippen LogP) is 2.30. The third-order valence-corrected chi connectivity index (χ3v) is 2.67. The van der Waals surface area contributed by atoms with E-state index in [1.165, 1.54) is 12.1 Å². The minimum absolute atomic E-state index is 0.0954. The van der Waals surface area contributed by atoms with Crippen molar-refractivity contribution in [3.63, 3.8) is 0 Å². The summed E-state index contributed by atoms with van der Waals surface area (Å²) in [4.78, 5) is 11.9. The van der Waals surface area contributed by atoms with Gasteiger partial charge in [0, 0.05) is 17.5 Å². The van der Waals surface area contributed by atoms with Crippen molar-refractivity contribution in [2.24, 2.45) is 11.7 Å². The van der Waals surface area contributed by atoms with Crippen molar-refractivity contribution < 1.29 is 9.18 Å². The van der Waals surface area contributed by atoms with E-state index < -0.39 is 0 Å². The molecule has 1 aromatic carbocycles. The van der Waals surface area contributed by atoms with Crippen molar-refractivity contribution in [1.82, 2.24) is 0 Å². The zero-order chi connectivity index (χ0) is 11.6. The fourth-order valence-electron chi connectivity index (χ4n) is 1.34. The molecule has 2 atom stereocenters. The number of hydrogen-bond donors (Lipinski definition) is 1. The van der Waals surface area contributed by atoms with Gasteiger partial charge in [-0.3, -0.25) is 4.79 Å². The Bertz CT molecular complexity index is 374. The maximum Gasteiger partial charge on any atom is 0.167 e. The summed E-state index contributed by atoms with van der Waals surface area (Å²) in [5.74, 6) is -0.770. The zero-order valence-electron chi connectivity index (χ0n) is 9.25. The van der Waals surface area contributed by atoms with E-state index in [2.05, 4.69) is 0 Å². The molecule has 0 spiro atoms. The van der Waals surface area contributed by atoms with Gasteiger partial charge < -0.3 is 5.73 Å². The van der Waals surface area contributed by atoms with Crippen LogP contribution < -0.4 is 5.73 Å². The van der Waals surface area contributed by atoms with E-state index in [1.807, 2.05) is 0 Å². The molecule has 2 unspecified atom stereocenters. The average Bonchev–Trinajstić information content (AvgIpc) is 2.19. The first-order valence-electron chi connectivity index (χ1n) is 4.99. The Labute approximate surface area is 89.3 Å². The van der Waals surface area contributed by atoms with Crippen LogP contribution in [0.4, 0.5) is 4.39 Å². The first-order chi connectivity index (χ1) is 6.93. The normalized spacial score (nSPS) is 14.7. The summed E-state index contributed by atoms with van der Waals surface area (Å²) in [5, 5.41) is 0. The SMILES string of the molecule is Cc1ccc(F)cc1C(=O)C(C)C(C)N. The van der Waals surface area contributed by atoms with Crippen LogP contribution in [-0.4, -0.2) is 11.8 Å². The smallest absolute Gasteiger partial charge is 0.167 e. The largest absolute Gasteiger partial charge is 0.327 e. The van der Waals surface area contributed by atoms with Crippen molar-refractivity contribution >= 4 is 5.78 Å². The summed E-state index contributed by atoms with van der Waals surface area (Å²) in [5.41, 5.74) is 6.86. The van der Waals surface area contributed by atoms with Gasteiger partial charge in [-0.1, -0.05) is 13.0 Å². The highest BCUT2D eigenvalue weighted by molar-refractivity contribution is 5.99. The lowest BCUT2D eigenvalue weighted by Crippen LogP contribution is -2.31. The van der Waals surface area contributed by atoms with Crippen molar-refractivity contribution in [3.8, 4) is 0 Å². The maximum absolute atomic E-state index is 13.0. The van der Waals surface area contributed by atoms with Crippen LogP contribution in [0.25, 0.3) is 0 Å². The van der Waals surface area contributed by atoms with Gasteiger partial charge in [0.2, 0.25) is 0 Å². The van der Waals surface area contributed by atoms with Crippen LogP contribution in [0, 0.1) is 18.7 Å². The van der Waals surface area contributed by atoms with E-state index >= 15 is 0 Å². The number of halogens is 1. The van der Waals surface area contributed by atoms with Gasteiger partial charge in [0.15, 0.2) is 5.78 Å². The Balaban J connectivity index is 3.05. The standard InChI is InChI=1S/C12H16FNO/c1-7-4-5-10(13)6-11(7)12(15)8(2)9(3)14/h4-6,8-9H,14H2,1-3H3. The van der Waals surface area contributed by atoms with E-state index in [4.69, 9.17) is 5.73 Å². The average molecular weight is 209 g/mol. The fourth-order valence-corrected chi connectivity index (χ4v) is 1.34. The number of carbonyl (C=O) groups excluding carboxylic acids is 1. The molecule has 0 aliphatic carbocycles. The van der Waals surface area contributed by atoms with E-state index in [-0.39, 0.29) is 23.6 Å². The highest BCUT2D eigenvalue weighted by Crippen LogP contribution is 2.16. The van der Waals surface area contributed by atoms with E-state index in [1.54, 1.807) is 26.8 Å². The molecule has 0 saturated carbocycles. The third-order valence-electron chi connectivity index (χ3n) is 2.67. The molecular formula is C12H16FNO. The molecule has 0 aromatic heterocycles. The Morgan fingerprint density at radius 2 is 2.00 bits per heavy atom. The van der Waals surface area contributed by atoms with Crippen LogP contribution >= 0.6 is 0 Å². The molecular weight excluding hydrogens is 193 g/mol. The van der Waals surface area contributed by atoms with Gasteiger partial charge in [0.05, 0.1) is 0 Å². The number of ketones is 1. The second-order valence-corrected chi connectivity index (χ2v) is 3.97. The lowest BCUT2D eigenvalue weighted by atomic mass is 9.91. The molecule has 0 radical (unpaired) electrons. The molecule has 0 aliphatic rings. The fraction of sp³-hybridized carbons (Fsp3) is 0.417. The highest BCUT2D eigenvalue weighted by atomic mass is 19.1. The molecule has 0 fully saturated rings. The van der Waals surface area contributed by atoms with Crippen LogP contribution in [0.3, 0.4) is 0 Å². The van der Waals surface area contributed by atoms with E-state index in [9.17, 15) is 9.18 Å². The number of hydrogen-bond acceptors (Lipinski definition) is 2. The van der Waals surface area contributed by atoms with Crippen molar-refractivity contribution in [2.75, 3.05) is 0 Å². The summed E-state index contributed by atoms with van der Waals surface area (Å²) in [6.45, 7) is 5.33. The molecule has 3 heteroatoms. The summed E-state index contributed by atoms with van der Waals surface area (Å²) < 4.78 is 13.0. The summed E-state index contributed by atoms with van der Waals surface area (Å²) in [6.07, 6.45) is 0. The lowest BCUT2D eigenvalue weighted by Gasteiger charge is -2.15. The van der Waals surface area contributed by atoms with Crippen molar-refractivity contribution in [1.29, 1.82) is 0 Å². The summed E-state index contributed by atoms with van der Waals surface area (Å²) in [7, 11) is 0. The molecule has 15 heavy (non-hydrogen) atoms. The molecule has 82 valence electrons. The van der Waals surface area contributed by atoms with Gasteiger partial charge in [-0.25, -0.2) is 4.39 Å². The number of benzene rings is 1. The first kappa shape index (κ1) is 11.9. The zero-order valence-corrected chi connectivity index (χ0v) is 9.25. The van der Waals surface area contributed by atoms with Crippen LogP contribution in [0.5, 0.6) is 0 Å². The van der Waals surface area contributed by atoms with Crippen LogP contribution in [0.15, 0.2) is 18.2 Å². The Morgan fingerprint density at radius 1 is 1.40 bits per heavy atom. The van der Waals surface area contributed by atoms with Crippen molar-refractivity contribution in [2.45, 2.75) is 26.8 Å². The Morgan fingerprint density at radius 3 is 2.53 bits per heavy atom. The topological polar surface area (TPSA) is 43.1 Å². The summed E-state index contributed by atoms with van der Waals surface area (Å²) in [6, 6.07) is 4.01. The Kier molecular flexibility index (Phi) is 3.58. The Hall–Kier alpha value is -1.22. The number of carbonyl (C=O) groups is 1. The van der Waals surface area contributed by atoms with Gasteiger partial charge in [-0.15, -0.1) is 0 Å². The molecule has 1 aromatic rings. The quantitative estimate of drug-likeness (QED) is 0.776. The third kappa shape index (κ3) is 2.63. The molecule has 2 nitrogen and oxygen atoms in total. The monoisotopic (exact) mass is 209 g/mol. The number of Topliss-reactive ketones (excluding diaryl/α,β-unsaturated/α-hetero) is 1. The first-order valence-corrected chi connectivity index (χ1v) is 4.99.